The van der Waals surface area contributed by atoms with Crippen molar-refractivity contribution in [3.8, 4) is 0 Å². The van der Waals surface area contributed by atoms with Gasteiger partial charge < -0.3 is 9.47 Å². The first-order chi connectivity index (χ1) is 7.28. The lowest BCUT2D eigenvalue weighted by molar-refractivity contribution is -0.164. The second-order valence-electron chi connectivity index (χ2n) is 4.56. The largest absolute Gasteiger partial charge is 0.468 e. The summed E-state index contributed by atoms with van der Waals surface area (Å²) in [6.07, 6.45) is 0. The van der Waals surface area contributed by atoms with Crippen LogP contribution in [0.1, 0.15) is 20.8 Å². The highest BCUT2D eigenvalue weighted by Gasteiger charge is 2.83. The van der Waals surface area contributed by atoms with Crippen LogP contribution < -0.4 is 0 Å². The van der Waals surface area contributed by atoms with Gasteiger partial charge in [0, 0.05) is 5.41 Å². The number of rotatable bonds is 3. The molecule has 1 saturated carbocycles. The molecule has 1 unspecified atom stereocenters. The number of carbonyl (C=O) groups is 3. The van der Waals surface area contributed by atoms with Crippen LogP contribution in [0.25, 0.3) is 0 Å². The van der Waals surface area contributed by atoms with E-state index < -0.39 is 28.7 Å². The molecule has 5 heteroatoms. The van der Waals surface area contributed by atoms with E-state index in [1.54, 1.807) is 13.8 Å². The van der Waals surface area contributed by atoms with E-state index in [0.29, 0.717) is 0 Å². The number of carbonyl (C=O) groups excluding carboxylic acids is 3. The third kappa shape index (κ3) is 1.20. The molecule has 0 saturated heterocycles. The molecule has 5 nitrogen and oxygen atoms in total. The summed E-state index contributed by atoms with van der Waals surface area (Å²) >= 11 is 0. The van der Waals surface area contributed by atoms with Gasteiger partial charge in [0.05, 0.1) is 20.1 Å². The summed E-state index contributed by atoms with van der Waals surface area (Å²) in [5.41, 5.74) is -2.22. The van der Waals surface area contributed by atoms with E-state index in [0.717, 1.165) is 0 Å². The van der Waals surface area contributed by atoms with Gasteiger partial charge in [-0.2, -0.15) is 0 Å². The summed E-state index contributed by atoms with van der Waals surface area (Å²) in [6.45, 7) is 4.74. The van der Waals surface area contributed by atoms with Gasteiger partial charge in [0.25, 0.3) is 0 Å². The van der Waals surface area contributed by atoms with Crippen molar-refractivity contribution in [2.24, 2.45) is 16.7 Å². The van der Waals surface area contributed by atoms with Gasteiger partial charge >= 0.3 is 11.9 Å². The summed E-state index contributed by atoms with van der Waals surface area (Å²) in [6, 6.07) is 0. The van der Waals surface area contributed by atoms with E-state index in [4.69, 9.17) is 0 Å². The Morgan fingerprint density at radius 2 is 1.38 bits per heavy atom. The summed E-state index contributed by atoms with van der Waals surface area (Å²) < 4.78 is 9.25. The van der Waals surface area contributed by atoms with Gasteiger partial charge in [-0.25, -0.2) is 0 Å². The number of esters is 2. The van der Waals surface area contributed by atoms with Gasteiger partial charge in [0.2, 0.25) is 0 Å². The maximum Gasteiger partial charge on any atom is 0.324 e. The van der Waals surface area contributed by atoms with Crippen molar-refractivity contribution >= 4 is 17.7 Å². The topological polar surface area (TPSA) is 69.7 Å². The number of ketones is 1. The molecule has 1 fully saturated rings. The number of Topliss-reactive ketones (excluding diaryl/α,β-unsaturated/α-hetero) is 1. The van der Waals surface area contributed by atoms with Crippen molar-refractivity contribution in [3.05, 3.63) is 0 Å². The molecule has 0 heterocycles. The molecule has 1 rings (SSSR count). The van der Waals surface area contributed by atoms with Gasteiger partial charge in [0.15, 0.2) is 5.41 Å². The molecular formula is C11H16O5. The molecule has 0 aromatic heterocycles. The second kappa shape index (κ2) is 3.57. The van der Waals surface area contributed by atoms with E-state index in [2.05, 4.69) is 9.47 Å². The molecule has 0 amide bonds. The summed E-state index contributed by atoms with van der Waals surface area (Å²) in [4.78, 5) is 35.0. The zero-order valence-corrected chi connectivity index (χ0v) is 10.1. The highest BCUT2D eigenvalue weighted by Crippen LogP contribution is 2.70. The third-order valence-electron chi connectivity index (χ3n) is 3.51. The van der Waals surface area contributed by atoms with Crippen molar-refractivity contribution < 1.29 is 23.9 Å². The summed E-state index contributed by atoms with van der Waals surface area (Å²) in [5, 5.41) is 0. The molecule has 0 spiro atoms. The highest BCUT2D eigenvalue weighted by atomic mass is 16.5. The Bertz CT molecular complexity index is 339. The van der Waals surface area contributed by atoms with Crippen molar-refractivity contribution in [3.63, 3.8) is 0 Å². The van der Waals surface area contributed by atoms with Crippen molar-refractivity contribution in [1.29, 1.82) is 0 Å². The number of hydrogen-bond acceptors (Lipinski definition) is 5. The fourth-order valence-electron chi connectivity index (χ4n) is 2.74. The Kier molecular flexibility index (Phi) is 2.83. The van der Waals surface area contributed by atoms with E-state index in [1.807, 2.05) is 0 Å². The van der Waals surface area contributed by atoms with Crippen LogP contribution in [0.15, 0.2) is 0 Å². The first kappa shape index (κ1) is 12.7. The lowest BCUT2D eigenvalue weighted by atomic mass is 9.96. The lowest BCUT2D eigenvalue weighted by Crippen LogP contribution is -2.34. The van der Waals surface area contributed by atoms with Crippen LogP contribution in [0.5, 0.6) is 0 Å². The zero-order chi connectivity index (χ0) is 12.7. The number of hydrogen-bond donors (Lipinski definition) is 0. The van der Waals surface area contributed by atoms with Crippen LogP contribution >= 0.6 is 0 Å². The number of methoxy groups -OCH3 is 2. The van der Waals surface area contributed by atoms with Crippen LogP contribution in [-0.4, -0.2) is 31.9 Å². The van der Waals surface area contributed by atoms with Crippen molar-refractivity contribution in [2.75, 3.05) is 14.2 Å². The molecule has 0 radical (unpaired) electrons. The maximum atomic E-state index is 11.8. The fourth-order valence-corrected chi connectivity index (χ4v) is 2.74. The average molecular weight is 228 g/mol. The van der Waals surface area contributed by atoms with E-state index in [1.165, 1.54) is 21.1 Å². The minimum atomic E-state index is -1.47. The molecule has 90 valence electrons. The fraction of sp³-hybridized carbons (Fsp3) is 0.727. The molecular weight excluding hydrogens is 212 g/mol. The van der Waals surface area contributed by atoms with Gasteiger partial charge in [-0.15, -0.1) is 0 Å². The Hall–Kier alpha value is -1.39. The van der Waals surface area contributed by atoms with Crippen LogP contribution in [0, 0.1) is 16.7 Å². The highest BCUT2D eigenvalue weighted by molar-refractivity contribution is 6.11. The number of ether oxygens (including phenoxy) is 2. The predicted molar refractivity (Wildman–Crippen MR) is 54.4 cm³/mol. The average Bonchev–Trinajstić information content (AvgIpc) is 2.74. The van der Waals surface area contributed by atoms with Crippen LogP contribution in [0.4, 0.5) is 0 Å². The van der Waals surface area contributed by atoms with Crippen molar-refractivity contribution in [1.82, 2.24) is 0 Å². The minimum absolute atomic E-state index is 0.208. The van der Waals surface area contributed by atoms with Crippen LogP contribution in [-0.2, 0) is 23.9 Å². The maximum absolute atomic E-state index is 11.8. The Balaban J connectivity index is 3.25. The quantitative estimate of drug-likeness (QED) is 0.521. The smallest absolute Gasteiger partial charge is 0.324 e. The van der Waals surface area contributed by atoms with Crippen LogP contribution in [0.3, 0.4) is 0 Å². The third-order valence-corrected chi connectivity index (χ3v) is 3.51. The van der Waals surface area contributed by atoms with Crippen LogP contribution in [0.2, 0.25) is 0 Å². The molecule has 0 aliphatic heterocycles. The van der Waals surface area contributed by atoms with E-state index >= 15 is 0 Å². The normalized spacial score (nSPS) is 24.4. The lowest BCUT2D eigenvalue weighted by Gasteiger charge is -2.14. The molecule has 16 heavy (non-hydrogen) atoms. The first-order valence-electron chi connectivity index (χ1n) is 4.95. The molecule has 1 atom stereocenters. The summed E-state index contributed by atoms with van der Waals surface area (Å²) in [5.74, 6) is -2.28. The summed E-state index contributed by atoms with van der Waals surface area (Å²) in [7, 11) is 2.39. The van der Waals surface area contributed by atoms with E-state index in [-0.39, 0.29) is 5.78 Å². The zero-order valence-electron chi connectivity index (χ0n) is 10.1. The molecule has 0 aromatic rings. The standard InChI is InChI=1S/C11H16O5/c1-6(12)7-10(2,3)11(7,8(13)15-4)9(14)16-5/h7H,1-5H3. The molecule has 0 N–H and O–H groups in total. The molecule has 1 aliphatic carbocycles. The molecule has 0 bridgehead atoms. The van der Waals surface area contributed by atoms with Crippen molar-refractivity contribution in [2.45, 2.75) is 20.8 Å². The SMILES string of the molecule is COC(=O)C1(C(=O)OC)C(C(C)=O)C1(C)C. The van der Waals surface area contributed by atoms with Gasteiger partial charge in [-0.3, -0.25) is 14.4 Å². The predicted octanol–water partition coefficient (Wildman–Crippen LogP) is 0.564. The Labute approximate surface area is 94.1 Å². The van der Waals surface area contributed by atoms with Gasteiger partial charge in [-0.1, -0.05) is 13.8 Å². The van der Waals surface area contributed by atoms with Gasteiger partial charge in [-0.05, 0) is 6.92 Å². The molecule has 0 aromatic carbocycles. The van der Waals surface area contributed by atoms with Gasteiger partial charge in [0.1, 0.15) is 5.78 Å². The Morgan fingerprint density at radius 3 is 1.56 bits per heavy atom. The second-order valence-corrected chi connectivity index (χ2v) is 4.56. The first-order valence-corrected chi connectivity index (χ1v) is 4.95. The Morgan fingerprint density at radius 1 is 1.00 bits per heavy atom. The molecule has 1 aliphatic rings. The van der Waals surface area contributed by atoms with E-state index in [9.17, 15) is 14.4 Å². The monoisotopic (exact) mass is 228 g/mol. The minimum Gasteiger partial charge on any atom is -0.468 e.